The summed E-state index contributed by atoms with van der Waals surface area (Å²) in [5, 5.41) is 3.84. The molecule has 3 aromatic rings. The zero-order chi connectivity index (χ0) is 20.1. The highest BCUT2D eigenvalue weighted by atomic mass is 32.2. The maximum atomic E-state index is 12.7. The number of para-hydroxylation sites is 2. The lowest BCUT2D eigenvalue weighted by atomic mass is 9.93. The molecular formula is C23H20N4OS. The third kappa shape index (κ3) is 4.60. The minimum absolute atomic E-state index is 0.118. The van der Waals surface area contributed by atoms with Crippen LogP contribution in [0.15, 0.2) is 94.0 Å². The number of aliphatic imine (C=N–C) groups is 2. The van der Waals surface area contributed by atoms with E-state index in [0.29, 0.717) is 5.84 Å². The van der Waals surface area contributed by atoms with Gasteiger partial charge in [-0.15, -0.1) is 0 Å². The SMILES string of the molecule is CC1=Nc2ccccc2N=C(NC(=O)CSc2ccccn2)C1c1ccccc1. The average molecular weight is 401 g/mol. The number of amidine groups is 1. The minimum atomic E-state index is -0.215. The quantitative estimate of drug-likeness (QED) is 0.633. The van der Waals surface area contributed by atoms with E-state index in [1.54, 1.807) is 6.20 Å². The predicted octanol–water partition coefficient (Wildman–Crippen LogP) is 4.91. The van der Waals surface area contributed by atoms with Crippen molar-refractivity contribution in [3.05, 3.63) is 84.6 Å². The lowest BCUT2D eigenvalue weighted by Crippen LogP contribution is -2.38. The number of carbonyl (C=O) groups is 1. The maximum Gasteiger partial charge on any atom is 0.235 e. The molecule has 1 unspecified atom stereocenters. The van der Waals surface area contributed by atoms with Crippen LogP contribution in [0.2, 0.25) is 0 Å². The number of nitrogens with one attached hydrogen (secondary N) is 1. The van der Waals surface area contributed by atoms with E-state index in [0.717, 1.165) is 27.7 Å². The second-order valence-electron chi connectivity index (χ2n) is 6.59. The first-order valence-corrected chi connectivity index (χ1v) is 10.3. The van der Waals surface area contributed by atoms with Crippen LogP contribution in [-0.2, 0) is 4.79 Å². The van der Waals surface area contributed by atoms with Gasteiger partial charge in [-0.2, -0.15) is 0 Å². The van der Waals surface area contributed by atoms with Crippen LogP contribution in [0.3, 0.4) is 0 Å². The van der Waals surface area contributed by atoms with E-state index in [9.17, 15) is 4.79 Å². The Morgan fingerprint density at radius 3 is 2.34 bits per heavy atom. The lowest BCUT2D eigenvalue weighted by Gasteiger charge is -2.19. The Morgan fingerprint density at radius 1 is 0.931 bits per heavy atom. The zero-order valence-corrected chi connectivity index (χ0v) is 16.8. The van der Waals surface area contributed by atoms with Crippen LogP contribution in [-0.4, -0.2) is 28.2 Å². The third-order valence-electron chi connectivity index (χ3n) is 4.50. The van der Waals surface area contributed by atoms with Crippen LogP contribution in [0.4, 0.5) is 11.4 Å². The molecule has 0 bridgehead atoms. The van der Waals surface area contributed by atoms with Crippen LogP contribution in [0.5, 0.6) is 0 Å². The number of fused-ring (bicyclic) bond motifs is 1. The predicted molar refractivity (Wildman–Crippen MR) is 119 cm³/mol. The highest BCUT2D eigenvalue weighted by Crippen LogP contribution is 2.34. The Hall–Kier alpha value is -3.25. The summed E-state index contributed by atoms with van der Waals surface area (Å²) < 4.78 is 0. The van der Waals surface area contributed by atoms with E-state index in [-0.39, 0.29) is 17.6 Å². The second-order valence-corrected chi connectivity index (χ2v) is 7.58. The molecule has 1 amide bonds. The number of hydrogen-bond donors (Lipinski definition) is 1. The molecule has 1 aromatic heterocycles. The Bertz CT molecular complexity index is 1060. The number of carbonyl (C=O) groups excluding carboxylic acids is 1. The monoisotopic (exact) mass is 400 g/mol. The van der Waals surface area contributed by atoms with Crippen LogP contribution in [0, 0.1) is 0 Å². The van der Waals surface area contributed by atoms with Crippen molar-refractivity contribution in [1.29, 1.82) is 0 Å². The second kappa shape index (κ2) is 8.84. The molecule has 0 fully saturated rings. The van der Waals surface area contributed by atoms with Gasteiger partial charge in [-0.1, -0.05) is 60.3 Å². The molecule has 0 aliphatic carbocycles. The van der Waals surface area contributed by atoms with Gasteiger partial charge in [0.1, 0.15) is 5.84 Å². The standard InChI is InChI=1S/C23H20N4OS/c1-16-22(17-9-3-2-4-10-17)23(26-19-12-6-5-11-18(19)25-16)27-20(28)15-29-21-13-7-8-14-24-21/h2-14,22H,15H2,1H3,(H,26,27,28). The lowest BCUT2D eigenvalue weighted by molar-refractivity contribution is -0.117. The van der Waals surface area contributed by atoms with E-state index in [4.69, 9.17) is 9.98 Å². The summed E-state index contributed by atoms with van der Waals surface area (Å²) in [6, 6.07) is 23.4. The molecule has 2 heterocycles. The molecule has 5 nitrogen and oxygen atoms in total. The van der Waals surface area contributed by atoms with Gasteiger partial charge >= 0.3 is 0 Å². The first kappa shape index (κ1) is 19.1. The minimum Gasteiger partial charge on any atom is -0.313 e. The van der Waals surface area contributed by atoms with Gasteiger partial charge in [-0.3, -0.25) is 9.79 Å². The average Bonchev–Trinajstić information content (AvgIpc) is 2.89. The summed E-state index contributed by atoms with van der Waals surface area (Å²) in [6.07, 6.45) is 1.72. The molecule has 0 radical (unpaired) electrons. The van der Waals surface area contributed by atoms with Gasteiger partial charge in [0.25, 0.3) is 0 Å². The molecule has 144 valence electrons. The normalized spacial score (nSPS) is 15.6. The molecule has 0 saturated carbocycles. The van der Waals surface area contributed by atoms with Gasteiger partial charge in [-0.25, -0.2) is 9.98 Å². The highest BCUT2D eigenvalue weighted by molar-refractivity contribution is 7.99. The van der Waals surface area contributed by atoms with Gasteiger partial charge in [0.05, 0.1) is 28.1 Å². The number of rotatable bonds is 4. The van der Waals surface area contributed by atoms with Crippen LogP contribution < -0.4 is 5.32 Å². The Labute approximate surface area is 174 Å². The van der Waals surface area contributed by atoms with E-state index in [1.807, 2.05) is 79.7 Å². The van der Waals surface area contributed by atoms with Crippen molar-refractivity contribution < 1.29 is 4.79 Å². The molecule has 4 rings (SSSR count). The van der Waals surface area contributed by atoms with Gasteiger partial charge < -0.3 is 5.32 Å². The number of pyridine rings is 1. The molecule has 1 aliphatic heterocycles. The highest BCUT2D eigenvalue weighted by Gasteiger charge is 2.26. The Morgan fingerprint density at radius 2 is 1.62 bits per heavy atom. The zero-order valence-electron chi connectivity index (χ0n) is 15.9. The fourth-order valence-electron chi connectivity index (χ4n) is 3.20. The molecule has 2 aromatic carbocycles. The van der Waals surface area contributed by atoms with E-state index >= 15 is 0 Å². The van der Waals surface area contributed by atoms with Gasteiger partial charge in [-0.05, 0) is 36.8 Å². The van der Waals surface area contributed by atoms with Gasteiger partial charge in [0.15, 0.2) is 0 Å². The number of aromatic nitrogens is 1. The summed E-state index contributed by atoms with van der Waals surface area (Å²) in [6.45, 7) is 1.98. The summed E-state index contributed by atoms with van der Waals surface area (Å²) in [5.41, 5.74) is 3.48. The fraction of sp³-hybridized carbons (Fsp3) is 0.130. The third-order valence-corrected chi connectivity index (χ3v) is 5.44. The number of hydrogen-bond acceptors (Lipinski definition) is 5. The van der Waals surface area contributed by atoms with Gasteiger partial charge in [0.2, 0.25) is 5.91 Å². The van der Waals surface area contributed by atoms with Crippen molar-refractivity contribution in [2.75, 3.05) is 5.75 Å². The topological polar surface area (TPSA) is 66.7 Å². The van der Waals surface area contributed by atoms with Crippen molar-refractivity contribution in [2.24, 2.45) is 9.98 Å². The van der Waals surface area contributed by atoms with Crippen molar-refractivity contribution in [2.45, 2.75) is 17.9 Å². The molecule has 0 saturated heterocycles. The first-order chi connectivity index (χ1) is 14.2. The van der Waals surface area contributed by atoms with Crippen LogP contribution >= 0.6 is 11.8 Å². The van der Waals surface area contributed by atoms with Gasteiger partial charge in [0, 0.05) is 11.9 Å². The van der Waals surface area contributed by atoms with E-state index in [1.165, 1.54) is 11.8 Å². The molecule has 6 heteroatoms. The molecular weight excluding hydrogens is 380 g/mol. The fourth-order valence-corrected chi connectivity index (χ4v) is 3.86. The number of benzene rings is 2. The summed E-state index contributed by atoms with van der Waals surface area (Å²) >= 11 is 1.40. The van der Waals surface area contributed by atoms with Crippen molar-refractivity contribution in [3.63, 3.8) is 0 Å². The number of nitrogens with zero attached hydrogens (tertiary/aromatic N) is 3. The summed E-state index contributed by atoms with van der Waals surface area (Å²) in [4.78, 5) is 26.5. The summed E-state index contributed by atoms with van der Waals surface area (Å²) in [7, 11) is 0. The van der Waals surface area contributed by atoms with E-state index in [2.05, 4.69) is 10.3 Å². The van der Waals surface area contributed by atoms with E-state index < -0.39 is 0 Å². The number of amides is 1. The largest absolute Gasteiger partial charge is 0.313 e. The number of thioether (sulfide) groups is 1. The van der Waals surface area contributed by atoms with Crippen LogP contribution in [0.25, 0.3) is 0 Å². The molecule has 1 aliphatic rings. The maximum absolute atomic E-state index is 12.7. The smallest absolute Gasteiger partial charge is 0.235 e. The van der Waals surface area contributed by atoms with Crippen molar-refractivity contribution in [1.82, 2.24) is 10.3 Å². The molecule has 1 atom stereocenters. The summed E-state index contributed by atoms with van der Waals surface area (Å²) in [5.74, 6) is 0.518. The van der Waals surface area contributed by atoms with Crippen molar-refractivity contribution in [3.8, 4) is 0 Å². The first-order valence-electron chi connectivity index (χ1n) is 9.32. The van der Waals surface area contributed by atoms with Crippen molar-refractivity contribution >= 4 is 40.6 Å². The van der Waals surface area contributed by atoms with Crippen LogP contribution in [0.1, 0.15) is 18.4 Å². The molecule has 0 spiro atoms. The molecule has 29 heavy (non-hydrogen) atoms. The molecule has 1 N–H and O–H groups in total. The Balaban J connectivity index is 1.63. The Kier molecular flexibility index (Phi) is 5.81.